The first-order chi connectivity index (χ1) is 17.3. The normalized spacial score (nSPS) is 11.5. The molecule has 1 aromatic heterocycles. The van der Waals surface area contributed by atoms with Gasteiger partial charge in [-0.25, -0.2) is 9.97 Å². The zero-order valence-corrected chi connectivity index (χ0v) is 21.5. The minimum absolute atomic E-state index is 0.0473. The lowest BCUT2D eigenvalue weighted by atomic mass is 9.91. The summed E-state index contributed by atoms with van der Waals surface area (Å²) >= 11 is 13.8. The van der Waals surface area contributed by atoms with E-state index in [-0.39, 0.29) is 16.5 Å². The number of nitro groups is 1. The van der Waals surface area contributed by atoms with Crippen LogP contribution < -0.4 is 5.32 Å². The molecule has 0 aliphatic carbocycles. The fraction of sp³-hybridized carbons (Fsp3) is 0.115. The molecule has 3 aromatic carbocycles. The highest BCUT2D eigenvalue weighted by Crippen LogP contribution is 2.39. The molecule has 0 fully saturated rings. The third kappa shape index (κ3) is 5.60. The van der Waals surface area contributed by atoms with Crippen molar-refractivity contribution in [1.82, 2.24) is 9.97 Å². The minimum Gasteiger partial charge on any atom is -0.334 e. The average molecular weight is 536 g/mol. The quantitative estimate of drug-likeness (QED) is 0.146. The molecule has 0 radical (unpaired) electrons. The van der Waals surface area contributed by atoms with Crippen molar-refractivity contribution in [2.45, 2.75) is 29.7 Å². The van der Waals surface area contributed by atoms with Gasteiger partial charge in [0.15, 0.2) is 5.03 Å². The van der Waals surface area contributed by atoms with Crippen LogP contribution in [0.15, 0.2) is 76.9 Å². The Bertz CT molecular complexity index is 1470. The number of benzene rings is 3. The van der Waals surface area contributed by atoms with Crippen LogP contribution in [-0.4, -0.2) is 14.9 Å². The van der Waals surface area contributed by atoms with Crippen molar-refractivity contribution < 1.29 is 4.92 Å². The van der Waals surface area contributed by atoms with E-state index in [2.05, 4.69) is 21.4 Å². The number of hydrogen-bond acceptors (Lipinski definition) is 7. The van der Waals surface area contributed by atoms with E-state index in [4.69, 9.17) is 23.2 Å². The molecule has 0 saturated carbocycles. The number of rotatable bonds is 7. The molecule has 0 saturated heterocycles. The largest absolute Gasteiger partial charge is 0.343 e. The van der Waals surface area contributed by atoms with Gasteiger partial charge in [-0.05, 0) is 60.9 Å². The monoisotopic (exact) mass is 535 g/mol. The Morgan fingerprint density at radius 1 is 1.06 bits per heavy atom. The lowest BCUT2D eigenvalue weighted by Crippen LogP contribution is -2.05. The van der Waals surface area contributed by atoms with Crippen LogP contribution >= 0.6 is 35.0 Å². The molecule has 180 valence electrons. The fourth-order valence-corrected chi connectivity index (χ4v) is 4.84. The van der Waals surface area contributed by atoms with E-state index in [1.54, 1.807) is 36.4 Å². The Morgan fingerprint density at radius 2 is 1.75 bits per heavy atom. The second-order valence-corrected chi connectivity index (χ2v) is 9.88. The Balaban J connectivity index is 1.68. The number of halogens is 2. The average Bonchev–Trinajstić information content (AvgIpc) is 2.85. The summed E-state index contributed by atoms with van der Waals surface area (Å²) < 4.78 is 0. The molecule has 0 aliphatic rings. The van der Waals surface area contributed by atoms with E-state index in [0.29, 0.717) is 21.3 Å². The van der Waals surface area contributed by atoms with Gasteiger partial charge in [-0.2, -0.15) is 5.26 Å². The highest BCUT2D eigenvalue weighted by Gasteiger charge is 2.25. The summed E-state index contributed by atoms with van der Waals surface area (Å²) in [4.78, 5) is 20.6. The van der Waals surface area contributed by atoms with Gasteiger partial charge in [0.25, 0.3) is 0 Å². The standard InChI is InChI=1S/C26H19Cl2N5O2S/c1-15-3-9-19(10-4-15)36-26-24(33(34)35)25(30-14-31-26)32-23-12-22(28)20(11-16(23)2)21(13-29)17-5-7-18(27)8-6-17/h3-12,14,21H,1-2H3,(H,30,31,32). The number of aromatic nitrogens is 2. The Morgan fingerprint density at radius 3 is 2.39 bits per heavy atom. The molecule has 0 amide bonds. The number of nitrogens with zero attached hydrogens (tertiary/aromatic N) is 4. The maximum atomic E-state index is 12.0. The SMILES string of the molecule is Cc1ccc(Sc2ncnc(Nc3cc(Cl)c(C(C#N)c4ccc(Cl)cc4)cc3C)c2[N+](=O)[O-])cc1. The van der Waals surface area contributed by atoms with Crippen molar-refractivity contribution in [1.29, 1.82) is 5.26 Å². The summed E-state index contributed by atoms with van der Waals surface area (Å²) in [5.74, 6) is -0.556. The maximum Gasteiger partial charge on any atom is 0.343 e. The molecular weight excluding hydrogens is 517 g/mol. The van der Waals surface area contributed by atoms with E-state index in [0.717, 1.165) is 21.6 Å². The highest BCUT2D eigenvalue weighted by molar-refractivity contribution is 7.99. The van der Waals surface area contributed by atoms with E-state index in [1.807, 2.05) is 38.1 Å². The number of anilines is 2. The van der Waals surface area contributed by atoms with Crippen molar-refractivity contribution in [3.05, 3.63) is 109 Å². The van der Waals surface area contributed by atoms with Gasteiger partial charge in [-0.15, -0.1) is 0 Å². The van der Waals surface area contributed by atoms with Crippen LogP contribution in [0.4, 0.5) is 17.2 Å². The first-order valence-corrected chi connectivity index (χ1v) is 12.3. The third-order valence-electron chi connectivity index (χ3n) is 5.45. The summed E-state index contributed by atoms with van der Waals surface area (Å²) in [7, 11) is 0. The van der Waals surface area contributed by atoms with Crippen molar-refractivity contribution in [3.63, 3.8) is 0 Å². The van der Waals surface area contributed by atoms with E-state index in [9.17, 15) is 15.4 Å². The first-order valence-electron chi connectivity index (χ1n) is 10.7. The lowest BCUT2D eigenvalue weighted by Gasteiger charge is -2.16. The predicted molar refractivity (Wildman–Crippen MR) is 142 cm³/mol. The molecule has 0 spiro atoms. The first kappa shape index (κ1) is 25.5. The van der Waals surface area contributed by atoms with Crippen LogP contribution in [0.2, 0.25) is 10.0 Å². The number of aryl methyl sites for hydroxylation is 2. The number of hydrogen-bond donors (Lipinski definition) is 1. The Kier molecular flexibility index (Phi) is 7.75. The Labute approximate surface area is 222 Å². The van der Waals surface area contributed by atoms with Gasteiger partial charge < -0.3 is 5.32 Å². The summed E-state index contributed by atoms with van der Waals surface area (Å²) in [6.07, 6.45) is 1.28. The second kappa shape index (κ2) is 11.0. The van der Waals surface area contributed by atoms with Crippen molar-refractivity contribution in [2.24, 2.45) is 0 Å². The highest BCUT2D eigenvalue weighted by atomic mass is 35.5. The second-order valence-electron chi connectivity index (χ2n) is 7.98. The summed E-state index contributed by atoms with van der Waals surface area (Å²) in [6.45, 7) is 3.80. The molecule has 1 heterocycles. The number of nitrogens with one attached hydrogen (secondary N) is 1. The van der Waals surface area contributed by atoms with E-state index < -0.39 is 10.8 Å². The molecule has 0 aliphatic heterocycles. The van der Waals surface area contributed by atoms with Gasteiger partial charge in [0, 0.05) is 20.6 Å². The van der Waals surface area contributed by atoms with Gasteiger partial charge >= 0.3 is 5.69 Å². The maximum absolute atomic E-state index is 12.0. The fourth-order valence-electron chi connectivity index (χ4n) is 3.58. The van der Waals surface area contributed by atoms with Crippen LogP contribution in [0.25, 0.3) is 0 Å². The number of nitriles is 1. The topological polar surface area (TPSA) is 105 Å². The van der Waals surface area contributed by atoms with Crippen LogP contribution in [0, 0.1) is 35.3 Å². The summed E-state index contributed by atoms with van der Waals surface area (Å²) in [6, 6.07) is 20.4. The zero-order valence-electron chi connectivity index (χ0n) is 19.2. The van der Waals surface area contributed by atoms with Gasteiger partial charge in [-0.1, -0.05) is 70.9 Å². The van der Waals surface area contributed by atoms with Gasteiger partial charge in [0.05, 0.1) is 16.9 Å². The molecule has 1 atom stereocenters. The van der Waals surface area contributed by atoms with Crippen molar-refractivity contribution in [2.75, 3.05) is 5.32 Å². The third-order valence-corrected chi connectivity index (χ3v) is 7.03. The molecule has 4 rings (SSSR count). The predicted octanol–water partition coefficient (Wildman–Crippen LogP) is 7.86. The van der Waals surface area contributed by atoms with E-state index >= 15 is 0 Å². The van der Waals surface area contributed by atoms with Gasteiger partial charge in [0.1, 0.15) is 6.33 Å². The summed E-state index contributed by atoms with van der Waals surface area (Å²) in [5.41, 5.74) is 3.50. The molecular formula is C26H19Cl2N5O2S. The van der Waals surface area contributed by atoms with Crippen LogP contribution in [-0.2, 0) is 0 Å². The van der Waals surface area contributed by atoms with Crippen molar-refractivity contribution in [3.8, 4) is 6.07 Å². The van der Waals surface area contributed by atoms with Gasteiger partial charge in [0.2, 0.25) is 5.82 Å². The van der Waals surface area contributed by atoms with Crippen LogP contribution in [0.5, 0.6) is 0 Å². The lowest BCUT2D eigenvalue weighted by molar-refractivity contribution is -0.387. The molecule has 36 heavy (non-hydrogen) atoms. The summed E-state index contributed by atoms with van der Waals surface area (Å²) in [5, 5.41) is 26.0. The molecule has 1 unspecified atom stereocenters. The smallest absolute Gasteiger partial charge is 0.334 e. The Hall–Kier alpha value is -3.64. The van der Waals surface area contributed by atoms with Crippen LogP contribution in [0.1, 0.15) is 28.2 Å². The molecule has 1 N–H and O–H groups in total. The zero-order chi connectivity index (χ0) is 25.8. The molecule has 4 aromatic rings. The van der Waals surface area contributed by atoms with E-state index in [1.165, 1.54) is 18.1 Å². The molecule has 7 nitrogen and oxygen atoms in total. The molecule has 10 heteroatoms. The minimum atomic E-state index is -0.603. The van der Waals surface area contributed by atoms with Gasteiger partial charge in [-0.3, -0.25) is 10.1 Å². The molecule has 0 bridgehead atoms. The van der Waals surface area contributed by atoms with Crippen LogP contribution in [0.3, 0.4) is 0 Å². The van der Waals surface area contributed by atoms with Crippen molar-refractivity contribution >= 4 is 52.2 Å².